The fourth-order valence-corrected chi connectivity index (χ4v) is 4.63. The second-order valence-corrected chi connectivity index (χ2v) is 7.71. The van der Waals surface area contributed by atoms with E-state index in [0.29, 0.717) is 30.3 Å². The Morgan fingerprint density at radius 1 is 1.10 bits per heavy atom. The second kappa shape index (κ2) is 6.80. The summed E-state index contributed by atoms with van der Waals surface area (Å²) in [6.45, 7) is 0.451. The third-order valence-electron chi connectivity index (χ3n) is 5.64. The lowest BCUT2D eigenvalue weighted by atomic mass is 10.1. The van der Waals surface area contributed by atoms with Crippen LogP contribution in [0.4, 0.5) is 13.2 Å². The summed E-state index contributed by atoms with van der Waals surface area (Å²) in [4.78, 5) is 19.2. The van der Waals surface area contributed by atoms with Gasteiger partial charge >= 0.3 is 6.18 Å². The topological polar surface area (TPSA) is 63.9 Å². The van der Waals surface area contributed by atoms with Gasteiger partial charge in [-0.25, -0.2) is 0 Å². The lowest BCUT2D eigenvalue weighted by Gasteiger charge is -2.35. The summed E-state index contributed by atoms with van der Waals surface area (Å²) in [5.74, 6) is 0.708. The molecule has 4 heterocycles. The molecule has 6 nitrogen and oxygen atoms in total. The molecule has 3 aromatic rings. The first-order valence-electron chi connectivity index (χ1n) is 9.39. The highest BCUT2D eigenvalue weighted by Gasteiger charge is 2.46. The normalized spacial score (nSPS) is 20.3. The molecule has 1 saturated heterocycles. The van der Waals surface area contributed by atoms with Gasteiger partial charge in [0.1, 0.15) is 5.69 Å². The van der Waals surface area contributed by atoms with Crippen LogP contribution in [0.2, 0.25) is 5.02 Å². The van der Waals surface area contributed by atoms with E-state index in [1.807, 2.05) is 16.7 Å². The molecule has 0 spiro atoms. The lowest BCUT2D eigenvalue weighted by Crippen LogP contribution is -2.44. The minimum atomic E-state index is -4.63. The molecular formula is C20H15ClF3N5O. The van der Waals surface area contributed by atoms with Gasteiger partial charge in [-0.05, 0) is 37.1 Å². The maximum absolute atomic E-state index is 13.3. The van der Waals surface area contributed by atoms with Gasteiger partial charge < -0.3 is 9.47 Å². The molecule has 1 fully saturated rings. The summed E-state index contributed by atoms with van der Waals surface area (Å²) in [5, 5.41) is 7.97. The van der Waals surface area contributed by atoms with Gasteiger partial charge in [0.05, 0.1) is 28.2 Å². The first-order valence-corrected chi connectivity index (χ1v) is 9.77. The number of carbonyl (C=O) groups is 1. The largest absolute Gasteiger partial charge is 0.417 e. The van der Waals surface area contributed by atoms with E-state index >= 15 is 0 Å². The fourth-order valence-electron chi connectivity index (χ4n) is 4.32. The maximum Gasteiger partial charge on any atom is 0.417 e. The quantitative estimate of drug-likeness (QED) is 0.602. The van der Waals surface area contributed by atoms with Crippen LogP contribution in [0, 0.1) is 0 Å². The molecule has 0 radical (unpaired) electrons. The number of hydrogen-bond donors (Lipinski definition) is 0. The van der Waals surface area contributed by atoms with Gasteiger partial charge in [0.2, 0.25) is 0 Å². The highest BCUT2D eigenvalue weighted by molar-refractivity contribution is 6.34. The Balaban J connectivity index is 1.52. The summed E-state index contributed by atoms with van der Waals surface area (Å²) in [7, 11) is 0. The number of halogens is 4. The standard InChI is InChI=1S/C20H15ClF3N5O/c21-16-12(4-3-5-13(16)20(22,23)24)19(30)29-11-7-8-15(29)18-27-26-17(28(18)10-11)14-6-1-2-9-25-14/h1-6,9,11,15H,7-8,10H2/t11-,15?/m0/s1. The van der Waals surface area contributed by atoms with E-state index in [4.69, 9.17) is 11.6 Å². The Bertz CT molecular complexity index is 1130. The fraction of sp³-hybridized carbons (Fsp3) is 0.300. The molecule has 0 saturated carbocycles. The summed E-state index contributed by atoms with van der Waals surface area (Å²) in [5.41, 5.74) is -0.488. The molecule has 1 aromatic carbocycles. The Hall–Kier alpha value is -2.94. The Kier molecular flexibility index (Phi) is 4.32. The van der Waals surface area contributed by atoms with Crippen molar-refractivity contribution in [3.63, 3.8) is 0 Å². The van der Waals surface area contributed by atoms with Crippen LogP contribution in [0.5, 0.6) is 0 Å². The van der Waals surface area contributed by atoms with Crippen LogP contribution in [0.15, 0.2) is 42.6 Å². The average Bonchev–Trinajstić information content (AvgIpc) is 3.28. The van der Waals surface area contributed by atoms with Crippen molar-refractivity contribution in [1.29, 1.82) is 0 Å². The molecule has 1 amide bonds. The SMILES string of the molecule is O=C(c1cccc(C(F)(F)F)c1Cl)N1C2CC[C@H]1Cn1c(-c3ccccn3)nnc12. The van der Waals surface area contributed by atoms with Crippen molar-refractivity contribution < 1.29 is 18.0 Å². The smallest absolute Gasteiger partial charge is 0.324 e. The molecule has 30 heavy (non-hydrogen) atoms. The van der Waals surface area contributed by atoms with Crippen molar-refractivity contribution in [2.45, 2.75) is 37.6 Å². The number of carbonyl (C=O) groups excluding carboxylic acids is 1. The van der Waals surface area contributed by atoms with Gasteiger partial charge in [0.15, 0.2) is 11.6 Å². The lowest BCUT2D eigenvalue weighted by molar-refractivity contribution is -0.137. The van der Waals surface area contributed by atoms with Crippen molar-refractivity contribution in [2.24, 2.45) is 0 Å². The van der Waals surface area contributed by atoms with Gasteiger partial charge in [-0.15, -0.1) is 10.2 Å². The number of alkyl halides is 3. The third-order valence-corrected chi connectivity index (χ3v) is 6.04. The van der Waals surface area contributed by atoms with Crippen LogP contribution in [0.1, 0.15) is 40.6 Å². The number of amides is 1. The minimum absolute atomic E-state index is 0.152. The van der Waals surface area contributed by atoms with E-state index in [0.717, 1.165) is 12.5 Å². The van der Waals surface area contributed by atoms with E-state index in [2.05, 4.69) is 15.2 Å². The Morgan fingerprint density at radius 2 is 1.93 bits per heavy atom. The van der Waals surface area contributed by atoms with Crippen LogP contribution in [-0.4, -0.2) is 36.6 Å². The monoisotopic (exact) mass is 433 g/mol. The summed E-state index contributed by atoms with van der Waals surface area (Å²) in [6.07, 6.45) is -1.59. The number of nitrogens with zero attached hydrogens (tertiary/aromatic N) is 5. The zero-order chi connectivity index (χ0) is 21.0. The van der Waals surface area contributed by atoms with E-state index in [-0.39, 0.29) is 17.6 Å². The molecular weight excluding hydrogens is 419 g/mol. The van der Waals surface area contributed by atoms with Crippen molar-refractivity contribution in [1.82, 2.24) is 24.6 Å². The van der Waals surface area contributed by atoms with Crippen molar-refractivity contribution in [2.75, 3.05) is 0 Å². The highest BCUT2D eigenvalue weighted by Crippen LogP contribution is 2.44. The first-order chi connectivity index (χ1) is 14.4. The van der Waals surface area contributed by atoms with Crippen LogP contribution < -0.4 is 0 Å². The molecule has 5 rings (SSSR count). The minimum Gasteiger partial charge on any atom is -0.324 e. The second-order valence-electron chi connectivity index (χ2n) is 7.33. The van der Waals surface area contributed by atoms with Gasteiger partial charge in [0, 0.05) is 12.7 Å². The molecule has 2 aliphatic rings. The van der Waals surface area contributed by atoms with E-state index in [1.54, 1.807) is 17.2 Å². The third kappa shape index (κ3) is 2.87. The zero-order valence-electron chi connectivity index (χ0n) is 15.5. The molecule has 2 bridgehead atoms. The van der Waals surface area contributed by atoms with E-state index in [1.165, 1.54) is 12.1 Å². The zero-order valence-corrected chi connectivity index (χ0v) is 16.2. The molecule has 1 unspecified atom stereocenters. The Morgan fingerprint density at radius 3 is 2.67 bits per heavy atom. The highest BCUT2D eigenvalue weighted by atomic mass is 35.5. The molecule has 154 valence electrons. The van der Waals surface area contributed by atoms with Crippen LogP contribution in [0.25, 0.3) is 11.5 Å². The maximum atomic E-state index is 13.3. The number of pyridine rings is 1. The molecule has 2 aromatic heterocycles. The van der Waals surface area contributed by atoms with Crippen molar-refractivity contribution in [3.8, 4) is 11.5 Å². The molecule has 0 N–H and O–H groups in total. The van der Waals surface area contributed by atoms with Crippen molar-refractivity contribution in [3.05, 3.63) is 64.6 Å². The average molecular weight is 434 g/mol. The van der Waals surface area contributed by atoms with E-state index < -0.39 is 22.7 Å². The predicted molar refractivity (Wildman–Crippen MR) is 102 cm³/mol. The van der Waals surface area contributed by atoms with E-state index in [9.17, 15) is 18.0 Å². The number of fused-ring (bicyclic) bond motifs is 4. The molecule has 2 atom stereocenters. The number of hydrogen-bond acceptors (Lipinski definition) is 4. The van der Waals surface area contributed by atoms with Crippen LogP contribution >= 0.6 is 11.6 Å². The summed E-state index contributed by atoms with van der Waals surface area (Å²) < 4.78 is 41.6. The van der Waals surface area contributed by atoms with Gasteiger partial charge in [0.25, 0.3) is 5.91 Å². The number of benzene rings is 1. The number of rotatable bonds is 2. The summed E-state index contributed by atoms with van der Waals surface area (Å²) in [6, 6.07) is 8.35. The Labute approximate surface area is 174 Å². The van der Waals surface area contributed by atoms with Gasteiger partial charge in [-0.3, -0.25) is 9.78 Å². The van der Waals surface area contributed by atoms with Crippen molar-refractivity contribution >= 4 is 17.5 Å². The number of aromatic nitrogens is 4. The molecule has 0 aliphatic carbocycles. The molecule has 2 aliphatic heterocycles. The summed E-state index contributed by atoms with van der Waals surface area (Å²) >= 11 is 6.00. The predicted octanol–water partition coefficient (Wildman–Crippen LogP) is 4.37. The van der Waals surface area contributed by atoms with Gasteiger partial charge in [-0.2, -0.15) is 13.2 Å². The van der Waals surface area contributed by atoms with Crippen LogP contribution in [-0.2, 0) is 12.7 Å². The first kappa shape index (κ1) is 19.0. The van der Waals surface area contributed by atoms with Crippen LogP contribution in [0.3, 0.4) is 0 Å². The van der Waals surface area contributed by atoms with Gasteiger partial charge in [-0.1, -0.05) is 23.7 Å². The molecule has 10 heteroatoms.